The minimum absolute atomic E-state index is 0.0907. The molecule has 6 heteroatoms. The standard InChI is InChI=1S/C13H13FO4S/c1-13(2)11(19(3,16)17)10(12(15)18-13)8-5-4-6-9(14)7-8/h4-7H,1-3H3. The van der Waals surface area contributed by atoms with Crippen molar-refractivity contribution in [2.45, 2.75) is 19.4 Å². The number of sulfone groups is 1. The largest absolute Gasteiger partial charge is 0.450 e. The van der Waals surface area contributed by atoms with E-state index in [0.717, 1.165) is 12.3 Å². The van der Waals surface area contributed by atoms with Crippen LogP contribution in [0.15, 0.2) is 29.2 Å². The third-order valence-electron chi connectivity index (χ3n) is 2.81. The maximum Gasteiger partial charge on any atom is 0.340 e. The molecular formula is C13H13FO4S. The summed E-state index contributed by atoms with van der Waals surface area (Å²) in [5.74, 6) is -1.30. The molecule has 0 saturated heterocycles. The summed E-state index contributed by atoms with van der Waals surface area (Å²) in [6.07, 6.45) is 1.01. The van der Waals surface area contributed by atoms with Gasteiger partial charge in [-0.15, -0.1) is 0 Å². The van der Waals surface area contributed by atoms with Crippen molar-refractivity contribution in [1.29, 1.82) is 0 Å². The number of esters is 1. The molecule has 0 atom stereocenters. The quantitative estimate of drug-likeness (QED) is 0.778. The van der Waals surface area contributed by atoms with E-state index >= 15 is 0 Å². The van der Waals surface area contributed by atoms with E-state index in [0.29, 0.717) is 0 Å². The van der Waals surface area contributed by atoms with Gasteiger partial charge in [0, 0.05) is 6.26 Å². The van der Waals surface area contributed by atoms with Crippen LogP contribution in [0.3, 0.4) is 0 Å². The first-order chi connectivity index (χ1) is 8.63. The van der Waals surface area contributed by atoms with Crippen LogP contribution in [0.2, 0.25) is 0 Å². The van der Waals surface area contributed by atoms with E-state index in [4.69, 9.17) is 4.74 Å². The van der Waals surface area contributed by atoms with Crippen LogP contribution in [-0.2, 0) is 19.4 Å². The molecule has 1 aliphatic rings. The van der Waals surface area contributed by atoms with Gasteiger partial charge in [-0.1, -0.05) is 12.1 Å². The Morgan fingerprint density at radius 3 is 2.42 bits per heavy atom. The van der Waals surface area contributed by atoms with Crippen molar-refractivity contribution in [3.63, 3.8) is 0 Å². The summed E-state index contributed by atoms with van der Waals surface area (Å²) in [5, 5.41) is 0. The molecule has 1 aromatic carbocycles. The lowest BCUT2D eigenvalue weighted by atomic mass is 10.0. The van der Waals surface area contributed by atoms with Crippen LogP contribution in [0.4, 0.5) is 4.39 Å². The highest BCUT2D eigenvalue weighted by Crippen LogP contribution is 2.40. The lowest BCUT2D eigenvalue weighted by Gasteiger charge is -2.19. The van der Waals surface area contributed by atoms with Crippen LogP contribution in [0.5, 0.6) is 0 Å². The monoisotopic (exact) mass is 284 g/mol. The lowest BCUT2D eigenvalue weighted by Crippen LogP contribution is -2.27. The van der Waals surface area contributed by atoms with Crippen LogP contribution < -0.4 is 0 Å². The molecular weight excluding hydrogens is 271 g/mol. The minimum atomic E-state index is -3.64. The highest BCUT2D eigenvalue weighted by molar-refractivity contribution is 7.95. The molecule has 0 aromatic heterocycles. The number of carbonyl (C=O) groups is 1. The van der Waals surface area contributed by atoms with Crippen molar-refractivity contribution >= 4 is 21.4 Å². The Bertz CT molecular complexity index is 686. The maximum absolute atomic E-state index is 13.2. The number of carbonyl (C=O) groups excluding carboxylic acids is 1. The van der Waals surface area contributed by atoms with E-state index in [2.05, 4.69) is 0 Å². The molecule has 0 radical (unpaired) electrons. The summed E-state index contributed by atoms with van der Waals surface area (Å²) in [6, 6.07) is 5.22. The number of hydrogen-bond donors (Lipinski definition) is 0. The van der Waals surface area contributed by atoms with Gasteiger partial charge in [-0.2, -0.15) is 0 Å². The number of halogens is 1. The second-order valence-corrected chi connectivity index (χ2v) is 6.84. The first-order valence-corrected chi connectivity index (χ1v) is 7.46. The third-order valence-corrected chi connectivity index (χ3v) is 4.25. The number of ether oxygens (including phenoxy) is 1. The molecule has 0 amide bonds. The van der Waals surface area contributed by atoms with Gasteiger partial charge < -0.3 is 4.74 Å². The average molecular weight is 284 g/mol. The fourth-order valence-corrected chi connectivity index (χ4v) is 3.75. The van der Waals surface area contributed by atoms with E-state index < -0.39 is 27.2 Å². The van der Waals surface area contributed by atoms with Crippen molar-refractivity contribution in [3.05, 3.63) is 40.6 Å². The van der Waals surface area contributed by atoms with Crippen LogP contribution in [0, 0.1) is 5.82 Å². The van der Waals surface area contributed by atoms with Crippen molar-refractivity contribution in [1.82, 2.24) is 0 Å². The fourth-order valence-electron chi connectivity index (χ4n) is 2.25. The zero-order chi connectivity index (χ0) is 14.4. The zero-order valence-corrected chi connectivity index (χ0v) is 11.5. The first kappa shape index (κ1) is 13.7. The van der Waals surface area contributed by atoms with Crippen LogP contribution in [0.25, 0.3) is 5.57 Å². The van der Waals surface area contributed by atoms with E-state index in [-0.39, 0.29) is 16.0 Å². The Kier molecular flexibility index (Phi) is 3.01. The molecule has 102 valence electrons. The molecule has 4 nitrogen and oxygen atoms in total. The van der Waals surface area contributed by atoms with Gasteiger partial charge in [-0.25, -0.2) is 17.6 Å². The first-order valence-electron chi connectivity index (χ1n) is 5.57. The fraction of sp³-hybridized carbons (Fsp3) is 0.308. The van der Waals surface area contributed by atoms with Crippen LogP contribution in [-0.4, -0.2) is 26.2 Å². The van der Waals surface area contributed by atoms with Gasteiger partial charge in [0.25, 0.3) is 0 Å². The molecule has 0 N–H and O–H groups in total. The normalized spacial score (nSPS) is 18.6. The number of rotatable bonds is 2. The zero-order valence-electron chi connectivity index (χ0n) is 10.7. The Hall–Kier alpha value is -1.69. The molecule has 0 fully saturated rings. The summed E-state index contributed by atoms with van der Waals surface area (Å²) >= 11 is 0. The van der Waals surface area contributed by atoms with Gasteiger partial charge in [0.15, 0.2) is 9.84 Å². The van der Waals surface area contributed by atoms with Crippen molar-refractivity contribution < 1.29 is 22.3 Å². The SMILES string of the molecule is CC1(C)OC(=O)C(c2cccc(F)c2)=C1S(C)(=O)=O. The molecule has 0 saturated carbocycles. The van der Waals surface area contributed by atoms with Crippen molar-refractivity contribution in [2.24, 2.45) is 0 Å². The molecule has 2 rings (SSSR count). The second kappa shape index (κ2) is 4.16. The summed E-state index contributed by atoms with van der Waals surface area (Å²) in [5.41, 5.74) is -1.13. The summed E-state index contributed by atoms with van der Waals surface area (Å²) < 4.78 is 42.1. The maximum atomic E-state index is 13.2. The van der Waals surface area contributed by atoms with E-state index in [1.807, 2.05) is 0 Å². The van der Waals surface area contributed by atoms with Gasteiger partial charge in [0.1, 0.15) is 16.3 Å². The minimum Gasteiger partial charge on any atom is -0.450 e. The molecule has 1 aliphatic heterocycles. The number of benzene rings is 1. The molecule has 0 bridgehead atoms. The Morgan fingerprint density at radius 2 is 1.89 bits per heavy atom. The summed E-state index contributed by atoms with van der Waals surface area (Å²) in [6.45, 7) is 2.99. The highest BCUT2D eigenvalue weighted by atomic mass is 32.2. The molecule has 1 aromatic rings. The Balaban J connectivity index is 2.79. The molecule has 0 aliphatic carbocycles. The van der Waals surface area contributed by atoms with Gasteiger partial charge in [-0.3, -0.25) is 0 Å². The van der Waals surface area contributed by atoms with Gasteiger partial charge in [-0.05, 0) is 31.5 Å². The Morgan fingerprint density at radius 1 is 1.26 bits per heavy atom. The summed E-state index contributed by atoms with van der Waals surface area (Å²) in [7, 11) is -3.64. The molecule has 19 heavy (non-hydrogen) atoms. The van der Waals surface area contributed by atoms with Gasteiger partial charge in [0.2, 0.25) is 0 Å². The van der Waals surface area contributed by atoms with Crippen LogP contribution in [0.1, 0.15) is 19.4 Å². The van der Waals surface area contributed by atoms with Gasteiger partial charge >= 0.3 is 5.97 Å². The van der Waals surface area contributed by atoms with E-state index in [1.54, 1.807) is 0 Å². The van der Waals surface area contributed by atoms with Gasteiger partial charge in [0.05, 0.1) is 5.57 Å². The number of hydrogen-bond acceptors (Lipinski definition) is 4. The Labute approximate surface area is 110 Å². The smallest absolute Gasteiger partial charge is 0.340 e. The predicted octanol–water partition coefficient (Wildman–Crippen LogP) is 1.92. The summed E-state index contributed by atoms with van der Waals surface area (Å²) in [4.78, 5) is 11.8. The molecule has 1 heterocycles. The number of cyclic esters (lactones) is 1. The van der Waals surface area contributed by atoms with Crippen molar-refractivity contribution in [3.8, 4) is 0 Å². The van der Waals surface area contributed by atoms with E-state index in [1.165, 1.54) is 32.0 Å². The predicted molar refractivity (Wildman–Crippen MR) is 68.3 cm³/mol. The van der Waals surface area contributed by atoms with E-state index in [9.17, 15) is 17.6 Å². The lowest BCUT2D eigenvalue weighted by molar-refractivity contribution is -0.142. The highest BCUT2D eigenvalue weighted by Gasteiger charge is 2.45. The third kappa shape index (κ3) is 2.40. The topological polar surface area (TPSA) is 60.4 Å². The van der Waals surface area contributed by atoms with Crippen LogP contribution >= 0.6 is 0 Å². The van der Waals surface area contributed by atoms with Crippen molar-refractivity contribution in [2.75, 3.05) is 6.26 Å². The molecule has 0 spiro atoms. The average Bonchev–Trinajstić information content (AvgIpc) is 2.47. The molecule has 0 unspecified atom stereocenters. The second-order valence-electron chi connectivity index (χ2n) is 4.89.